The third kappa shape index (κ3) is 3.57. The second-order valence-corrected chi connectivity index (χ2v) is 6.16. The highest BCUT2D eigenvalue weighted by atomic mass is 16.5. The standard InChI is InChI=1S/C21H20NO4/c1-13(2)26-17-10-6-14(7-11-17)18-12-22-20(21(24)25-3)19(18)15-4-8-16(23)9-5-15/h4-13,22H,1-3H3. The number of methoxy groups -OCH3 is 1. The van der Waals surface area contributed by atoms with Crippen LogP contribution in [0, 0.1) is 0 Å². The van der Waals surface area contributed by atoms with Gasteiger partial charge in [0.1, 0.15) is 11.4 Å². The predicted molar refractivity (Wildman–Crippen MR) is 98.9 cm³/mol. The summed E-state index contributed by atoms with van der Waals surface area (Å²) in [5.74, 6) is 0.239. The van der Waals surface area contributed by atoms with E-state index in [1.165, 1.54) is 19.2 Å². The summed E-state index contributed by atoms with van der Waals surface area (Å²) < 4.78 is 10.6. The number of benzene rings is 2. The van der Waals surface area contributed by atoms with E-state index in [0.717, 1.165) is 22.4 Å². The molecule has 3 rings (SSSR count). The Bertz CT molecular complexity index is 893. The molecule has 1 heterocycles. The number of ether oxygens (including phenoxy) is 2. The van der Waals surface area contributed by atoms with Crippen molar-refractivity contribution in [1.82, 2.24) is 4.98 Å². The number of H-pyrrole nitrogens is 1. The Morgan fingerprint density at radius 1 is 0.962 bits per heavy atom. The minimum Gasteiger partial charge on any atom is -0.491 e. The van der Waals surface area contributed by atoms with Gasteiger partial charge < -0.3 is 14.5 Å². The Balaban J connectivity index is 2.08. The first-order chi connectivity index (χ1) is 12.5. The molecule has 0 saturated heterocycles. The molecule has 0 aliphatic carbocycles. The van der Waals surface area contributed by atoms with Crippen molar-refractivity contribution in [3.63, 3.8) is 0 Å². The van der Waals surface area contributed by atoms with E-state index >= 15 is 0 Å². The van der Waals surface area contributed by atoms with E-state index < -0.39 is 5.97 Å². The molecule has 0 fully saturated rings. The number of hydrogen-bond donors (Lipinski definition) is 1. The molecule has 1 radical (unpaired) electrons. The minimum atomic E-state index is -0.461. The van der Waals surface area contributed by atoms with E-state index in [-0.39, 0.29) is 11.9 Å². The van der Waals surface area contributed by atoms with Gasteiger partial charge in [0.15, 0.2) is 5.75 Å². The van der Waals surface area contributed by atoms with Gasteiger partial charge in [0.2, 0.25) is 0 Å². The van der Waals surface area contributed by atoms with Crippen LogP contribution in [0.1, 0.15) is 24.3 Å². The maximum atomic E-state index is 12.2. The van der Waals surface area contributed by atoms with Crippen molar-refractivity contribution in [2.45, 2.75) is 20.0 Å². The van der Waals surface area contributed by atoms with E-state index in [0.29, 0.717) is 11.3 Å². The summed E-state index contributed by atoms with van der Waals surface area (Å²) in [5.41, 5.74) is 3.59. The number of aromatic nitrogens is 1. The van der Waals surface area contributed by atoms with Gasteiger partial charge >= 0.3 is 5.97 Å². The Kier molecular flexibility index (Phi) is 4.98. The first kappa shape index (κ1) is 17.6. The molecule has 0 atom stereocenters. The van der Waals surface area contributed by atoms with Gasteiger partial charge in [-0.15, -0.1) is 0 Å². The van der Waals surface area contributed by atoms with Crippen LogP contribution in [-0.4, -0.2) is 24.2 Å². The molecule has 3 aromatic rings. The maximum Gasteiger partial charge on any atom is 0.355 e. The fraction of sp³-hybridized carbons (Fsp3) is 0.190. The van der Waals surface area contributed by atoms with Gasteiger partial charge in [-0.2, -0.15) is 0 Å². The Labute approximate surface area is 152 Å². The van der Waals surface area contributed by atoms with Crippen molar-refractivity contribution < 1.29 is 19.4 Å². The van der Waals surface area contributed by atoms with Gasteiger partial charge in [-0.3, -0.25) is 5.11 Å². The highest BCUT2D eigenvalue weighted by molar-refractivity contribution is 6.01. The molecule has 133 valence electrons. The summed E-state index contributed by atoms with van der Waals surface area (Å²) >= 11 is 0. The zero-order valence-electron chi connectivity index (χ0n) is 14.9. The smallest absolute Gasteiger partial charge is 0.355 e. The molecule has 1 N–H and O–H groups in total. The molecule has 0 amide bonds. The lowest BCUT2D eigenvalue weighted by molar-refractivity contribution is 0.0595. The van der Waals surface area contributed by atoms with Crippen molar-refractivity contribution in [2.24, 2.45) is 0 Å². The second kappa shape index (κ2) is 7.35. The third-order valence-electron chi connectivity index (χ3n) is 3.95. The van der Waals surface area contributed by atoms with Crippen LogP contribution >= 0.6 is 0 Å². The van der Waals surface area contributed by atoms with Crippen LogP contribution in [0.3, 0.4) is 0 Å². The van der Waals surface area contributed by atoms with E-state index in [2.05, 4.69) is 4.98 Å². The zero-order chi connectivity index (χ0) is 18.7. The lowest BCUT2D eigenvalue weighted by atomic mass is 9.96. The van der Waals surface area contributed by atoms with Crippen molar-refractivity contribution in [3.05, 3.63) is 60.4 Å². The fourth-order valence-corrected chi connectivity index (χ4v) is 2.82. The van der Waals surface area contributed by atoms with E-state index in [4.69, 9.17) is 9.47 Å². The van der Waals surface area contributed by atoms with E-state index in [1.54, 1.807) is 18.3 Å². The SMILES string of the molecule is COC(=O)c1[nH]cc(-c2ccc(OC(C)C)cc2)c1-c1ccc([O])cc1. The minimum absolute atomic E-state index is 0.0827. The van der Waals surface area contributed by atoms with Crippen molar-refractivity contribution in [1.29, 1.82) is 0 Å². The van der Waals surface area contributed by atoms with Gasteiger partial charge in [-0.1, -0.05) is 24.3 Å². The summed E-state index contributed by atoms with van der Waals surface area (Å²) in [4.78, 5) is 15.2. The van der Waals surface area contributed by atoms with Gasteiger partial charge in [-0.05, 0) is 49.2 Å². The average molecular weight is 350 g/mol. The number of rotatable bonds is 5. The van der Waals surface area contributed by atoms with Gasteiger partial charge in [0.25, 0.3) is 0 Å². The maximum absolute atomic E-state index is 12.2. The molecule has 2 aromatic carbocycles. The summed E-state index contributed by atoms with van der Waals surface area (Å²) in [6.07, 6.45) is 1.87. The molecule has 0 unspecified atom stereocenters. The zero-order valence-corrected chi connectivity index (χ0v) is 14.9. The van der Waals surface area contributed by atoms with Crippen LogP contribution in [-0.2, 0) is 9.84 Å². The summed E-state index contributed by atoms with van der Waals surface area (Å²) in [7, 11) is 1.34. The molecule has 0 bridgehead atoms. The molecule has 26 heavy (non-hydrogen) atoms. The lowest BCUT2D eigenvalue weighted by Crippen LogP contribution is -2.05. The molecule has 0 aliphatic heterocycles. The highest BCUT2D eigenvalue weighted by Crippen LogP contribution is 2.36. The summed E-state index contributed by atoms with van der Waals surface area (Å²) in [5, 5.41) is 11.4. The van der Waals surface area contributed by atoms with Crippen LogP contribution in [0.5, 0.6) is 11.5 Å². The number of nitrogens with one attached hydrogen (secondary N) is 1. The predicted octanol–water partition coefficient (Wildman–Crippen LogP) is 5.07. The summed E-state index contributed by atoms with van der Waals surface area (Å²) in [6.45, 7) is 3.95. The van der Waals surface area contributed by atoms with Crippen molar-refractivity contribution in [2.75, 3.05) is 7.11 Å². The lowest BCUT2D eigenvalue weighted by Gasteiger charge is -2.11. The molecule has 1 aromatic heterocycles. The van der Waals surface area contributed by atoms with Crippen LogP contribution in [0.25, 0.3) is 22.3 Å². The Morgan fingerprint density at radius 2 is 1.58 bits per heavy atom. The molecule has 0 saturated carbocycles. The fourth-order valence-electron chi connectivity index (χ4n) is 2.82. The van der Waals surface area contributed by atoms with Crippen LogP contribution in [0.4, 0.5) is 0 Å². The van der Waals surface area contributed by atoms with Crippen molar-refractivity contribution in [3.8, 4) is 33.8 Å². The first-order valence-corrected chi connectivity index (χ1v) is 8.34. The normalized spacial score (nSPS) is 10.8. The molecular weight excluding hydrogens is 330 g/mol. The topological polar surface area (TPSA) is 71.2 Å². The second-order valence-electron chi connectivity index (χ2n) is 6.16. The molecular formula is C21H20NO4. The molecule has 5 heteroatoms. The van der Waals surface area contributed by atoms with Gasteiger partial charge in [-0.25, -0.2) is 4.79 Å². The number of esters is 1. The highest BCUT2D eigenvalue weighted by Gasteiger charge is 2.20. The number of carbonyl (C=O) groups is 1. The molecule has 5 nitrogen and oxygen atoms in total. The average Bonchev–Trinajstić information content (AvgIpc) is 3.07. The van der Waals surface area contributed by atoms with Gasteiger partial charge in [0, 0.05) is 17.3 Å². The molecule has 0 aliphatic rings. The van der Waals surface area contributed by atoms with E-state index in [9.17, 15) is 9.90 Å². The first-order valence-electron chi connectivity index (χ1n) is 8.34. The number of hydrogen-bond acceptors (Lipinski definition) is 3. The molecule has 0 spiro atoms. The largest absolute Gasteiger partial charge is 0.491 e. The Hall–Kier alpha value is -3.21. The van der Waals surface area contributed by atoms with Crippen LogP contribution in [0.2, 0.25) is 0 Å². The van der Waals surface area contributed by atoms with Gasteiger partial charge in [0.05, 0.1) is 13.2 Å². The summed E-state index contributed by atoms with van der Waals surface area (Å²) in [6, 6.07) is 14.0. The van der Waals surface area contributed by atoms with Crippen molar-refractivity contribution >= 4 is 5.97 Å². The van der Waals surface area contributed by atoms with E-state index in [1.807, 2.05) is 38.1 Å². The third-order valence-corrected chi connectivity index (χ3v) is 3.95. The Morgan fingerprint density at radius 3 is 2.15 bits per heavy atom. The number of carbonyl (C=O) groups excluding carboxylic acids is 1. The van der Waals surface area contributed by atoms with Crippen LogP contribution < -0.4 is 4.74 Å². The number of aromatic amines is 1. The monoisotopic (exact) mass is 350 g/mol. The van der Waals surface area contributed by atoms with Crippen LogP contribution in [0.15, 0.2) is 54.7 Å². The quantitative estimate of drug-likeness (QED) is 0.653.